The molecule has 16 nitrogen and oxygen atoms in total. The lowest BCUT2D eigenvalue weighted by molar-refractivity contribution is -0.124. The summed E-state index contributed by atoms with van der Waals surface area (Å²) in [6.45, 7) is 14.3. The van der Waals surface area contributed by atoms with Gasteiger partial charge in [0, 0.05) is 13.1 Å². The number of carbonyl (C=O) groups is 4. The summed E-state index contributed by atoms with van der Waals surface area (Å²) in [7, 11) is -8.17. The average molecular weight is 869 g/mol. The first-order valence-electron chi connectivity index (χ1n) is 19.7. The van der Waals surface area contributed by atoms with Crippen LogP contribution in [0.1, 0.15) is 85.8 Å². The van der Waals surface area contributed by atoms with E-state index in [0.29, 0.717) is 12.8 Å². The number of rotatable bonds is 26. The fourth-order valence-corrected chi connectivity index (χ4v) is 7.71. The molecule has 0 aliphatic carbocycles. The molecule has 0 spiro atoms. The van der Waals surface area contributed by atoms with E-state index in [2.05, 4.69) is 21.3 Å². The molecule has 0 aliphatic heterocycles. The van der Waals surface area contributed by atoms with Crippen molar-refractivity contribution in [2.24, 2.45) is 22.7 Å². The van der Waals surface area contributed by atoms with Crippen molar-refractivity contribution in [2.75, 3.05) is 37.8 Å². The molecule has 4 N–H and O–H groups in total. The Morgan fingerprint density at radius 1 is 0.576 bits per heavy atom. The molecule has 332 valence electrons. The van der Waals surface area contributed by atoms with Crippen molar-refractivity contribution in [3.8, 4) is 0 Å². The molecule has 0 bridgehead atoms. The van der Waals surface area contributed by atoms with E-state index in [9.17, 15) is 36.0 Å². The first-order chi connectivity index (χ1) is 27.5. The summed E-state index contributed by atoms with van der Waals surface area (Å²) in [5.41, 5.74) is 0.242. The number of benzene rings is 2. The monoisotopic (exact) mass is 868 g/mol. The lowest BCUT2D eigenvalue weighted by Crippen LogP contribution is -2.50. The molecular formula is C41H64N4O12S2. The van der Waals surface area contributed by atoms with Crippen LogP contribution in [0.4, 0.5) is 9.59 Å². The molecule has 2 aromatic rings. The van der Waals surface area contributed by atoms with E-state index in [1.54, 1.807) is 55.4 Å². The maximum absolute atomic E-state index is 12.9. The van der Waals surface area contributed by atoms with Crippen LogP contribution in [0.15, 0.2) is 60.7 Å². The minimum Gasteiger partial charge on any atom is -0.445 e. The third-order valence-electron chi connectivity index (χ3n) is 9.12. The molecule has 18 heteroatoms. The Morgan fingerprint density at radius 2 is 0.915 bits per heavy atom. The zero-order valence-corrected chi connectivity index (χ0v) is 37.2. The van der Waals surface area contributed by atoms with Crippen LogP contribution in [-0.4, -0.2) is 90.7 Å². The molecule has 0 heterocycles. The number of alkyl carbamates (subject to hydrolysis) is 2. The van der Waals surface area contributed by atoms with Crippen LogP contribution in [-0.2, 0) is 60.9 Å². The quantitative estimate of drug-likeness (QED) is 0.0915. The van der Waals surface area contributed by atoms with E-state index in [1.165, 1.54) is 0 Å². The Labute approximate surface area is 350 Å². The first-order valence-corrected chi connectivity index (χ1v) is 22.9. The largest absolute Gasteiger partial charge is 0.445 e. The van der Waals surface area contributed by atoms with Gasteiger partial charge in [-0.25, -0.2) is 9.59 Å². The Morgan fingerprint density at radius 3 is 1.24 bits per heavy atom. The van der Waals surface area contributed by atoms with Crippen LogP contribution >= 0.6 is 0 Å². The van der Waals surface area contributed by atoms with Crippen molar-refractivity contribution in [1.82, 2.24) is 21.3 Å². The molecular weight excluding hydrogens is 805 g/mol. The summed E-state index contributed by atoms with van der Waals surface area (Å²) in [5.74, 6) is -2.40. The fourth-order valence-electron chi connectivity index (χ4n) is 5.29. The minimum absolute atomic E-state index is 0.0557. The number of nitrogens with one attached hydrogen (secondary N) is 4. The third-order valence-corrected chi connectivity index (χ3v) is 11.7. The van der Waals surface area contributed by atoms with Gasteiger partial charge in [0.1, 0.15) is 25.3 Å². The van der Waals surface area contributed by atoms with Crippen LogP contribution in [0.3, 0.4) is 0 Å². The topological polar surface area (TPSA) is 222 Å². The molecule has 2 atom stereocenters. The predicted octanol–water partition coefficient (Wildman–Crippen LogP) is 5.04. The Hall–Kier alpha value is -4.26. The van der Waals surface area contributed by atoms with Gasteiger partial charge in [-0.3, -0.25) is 18.0 Å². The fraction of sp³-hybridized carbons (Fsp3) is 0.610. The van der Waals surface area contributed by atoms with E-state index in [4.69, 9.17) is 17.8 Å². The van der Waals surface area contributed by atoms with Crippen molar-refractivity contribution in [3.63, 3.8) is 0 Å². The number of amides is 4. The molecule has 0 saturated heterocycles. The standard InChI is InChI=1S/C41H64N4O12S2/c1-30(2)34(44-38(48)54-26-32-16-11-9-12-17-32)36(46)42-22-20-40(5,6)28-56-58(50,51)24-15-25-59(52,53)57-29-41(7,8)21-23-43-37(47)35(31(3)4)45-39(49)55-27-33-18-13-10-14-19-33/h9-14,16-19,30-31,34-35H,15,20-29H2,1-8H3,(H,42,46)(H,43,47)(H,44,48)(H,45,49)/t34-,35-/m0/s1. The van der Waals surface area contributed by atoms with E-state index >= 15 is 0 Å². The second-order valence-corrected chi connectivity index (χ2v) is 20.2. The molecule has 0 aromatic heterocycles. The molecule has 0 saturated carbocycles. The van der Waals surface area contributed by atoms with Gasteiger partial charge in [0.25, 0.3) is 20.2 Å². The summed E-state index contributed by atoms with van der Waals surface area (Å²) in [4.78, 5) is 50.5. The van der Waals surface area contributed by atoms with E-state index in [1.807, 2.05) is 60.7 Å². The van der Waals surface area contributed by atoms with E-state index in [-0.39, 0.29) is 57.8 Å². The van der Waals surface area contributed by atoms with E-state index in [0.717, 1.165) is 11.1 Å². The molecule has 0 fully saturated rings. The lowest BCUT2D eigenvalue weighted by Gasteiger charge is -2.26. The van der Waals surface area contributed by atoms with Gasteiger partial charge in [-0.2, -0.15) is 16.8 Å². The van der Waals surface area contributed by atoms with Gasteiger partial charge in [-0.05, 0) is 53.1 Å². The van der Waals surface area contributed by atoms with E-state index < -0.39 is 78.7 Å². The molecule has 2 aromatic carbocycles. The SMILES string of the molecule is CC(C)[C@H](NC(=O)OCc1ccccc1)C(=O)NCCC(C)(C)COS(=O)(=O)CCCS(=O)(=O)OCC(C)(C)CCNC(=O)[C@@H](NC(=O)OCc1ccccc1)C(C)C. The van der Waals surface area contributed by atoms with Crippen molar-refractivity contribution < 1.29 is 53.9 Å². The van der Waals surface area contributed by atoms with Gasteiger partial charge < -0.3 is 30.7 Å². The lowest BCUT2D eigenvalue weighted by atomic mass is 9.90. The molecule has 0 radical (unpaired) electrons. The third kappa shape index (κ3) is 21.5. The van der Waals surface area contributed by atoms with Gasteiger partial charge in [-0.15, -0.1) is 0 Å². The summed E-state index contributed by atoms with van der Waals surface area (Å²) < 4.78 is 71.5. The predicted molar refractivity (Wildman–Crippen MR) is 224 cm³/mol. The average Bonchev–Trinajstić information content (AvgIpc) is 3.16. The van der Waals surface area contributed by atoms with Crippen LogP contribution in [0, 0.1) is 22.7 Å². The van der Waals surface area contributed by atoms with Crippen LogP contribution in [0.25, 0.3) is 0 Å². The minimum atomic E-state index is -4.09. The highest BCUT2D eigenvalue weighted by atomic mass is 32.2. The highest BCUT2D eigenvalue weighted by molar-refractivity contribution is 7.87. The number of hydrogen-bond donors (Lipinski definition) is 4. The Bertz CT molecular complexity index is 1710. The molecule has 4 amide bonds. The van der Waals surface area contributed by atoms with Crippen molar-refractivity contribution >= 4 is 44.2 Å². The molecule has 0 aliphatic rings. The highest BCUT2D eigenvalue weighted by Crippen LogP contribution is 2.23. The summed E-state index contributed by atoms with van der Waals surface area (Å²) >= 11 is 0. The van der Waals surface area contributed by atoms with Gasteiger partial charge in [0.15, 0.2) is 0 Å². The van der Waals surface area contributed by atoms with Crippen LogP contribution < -0.4 is 21.3 Å². The van der Waals surface area contributed by atoms with Gasteiger partial charge in [0.2, 0.25) is 11.8 Å². The smallest absolute Gasteiger partial charge is 0.408 e. The normalized spacial score (nSPS) is 13.3. The summed E-state index contributed by atoms with van der Waals surface area (Å²) in [5, 5.41) is 10.7. The second-order valence-electron chi connectivity index (χ2n) is 16.7. The van der Waals surface area contributed by atoms with Crippen molar-refractivity contribution in [3.05, 3.63) is 71.8 Å². The first kappa shape index (κ1) is 50.9. The highest BCUT2D eigenvalue weighted by Gasteiger charge is 2.29. The zero-order valence-electron chi connectivity index (χ0n) is 35.6. The maximum Gasteiger partial charge on any atom is 0.408 e. The molecule has 59 heavy (non-hydrogen) atoms. The van der Waals surface area contributed by atoms with Crippen LogP contribution in [0.5, 0.6) is 0 Å². The molecule has 2 rings (SSSR count). The van der Waals surface area contributed by atoms with Gasteiger partial charge in [-0.1, -0.05) is 116 Å². The summed E-state index contributed by atoms with van der Waals surface area (Å²) in [6, 6.07) is 16.5. The Balaban J connectivity index is 1.70. The van der Waals surface area contributed by atoms with Gasteiger partial charge >= 0.3 is 12.2 Å². The number of ether oxygens (including phenoxy) is 2. The number of hydrogen-bond acceptors (Lipinski definition) is 12. The van der Waals surface area contributed by atoms with Gasteiger partial charge in [0.05, 0.1) is 24.7 Å². The summed E-state index contributed by atoms with van der Waals surface area (Å²) in [6.07, 6.45) is -1.02. The second kappa shape index (κ2) is 24.1. The van der Waals surface area contributed by atoms with Crippen LogP contribution in [0.2, 0.25) is 0 Å². The van der Waals surface area contributed by atoms with Crippen molar-refractivity contribution in [1.29, 1.82) is 0 Å². The van der Waals surface area contributed by atoms with Crippen molar-refractivity contribution in [2.45, 2.75) is 99.9 Å². The molecule has 0 unspecified atom stereocenters. The Kier molecular flexibility index (Phi) is 20.8. The number of carbonyl (C=O) groups excluding carboxylic acids is 4. The zero-order chi connectivity index (χ0) is 44.3. The maximum atomic E-state index is 12.9.